The Morgan fingerprint density at radius 3 is 2.50 bits per heavy atom. The van der Waals surface area contributed by atoms with Gasteiger partial charge in [-0.05, 0) is 24.5 Å². The molecule has 2 fully saturated rings. The van der Waals surface area contributed by atoms with Crippen molar-refractivity contribution in [1.82, 2.24) is 10.2 Å². The van der Waals surface area contributed by atoms with E-state index >= 15 is 0 Å². The monoisotopic (exact) mass is 437 g/mol. The first-order valence-corrected chi connectivity index (χ1v) is 11.3. The lowest BCUT2D eigenvalue weighted by Gasteiger charge is -2.33. The van der Waals surface area contributed by atoms with E-state index in [1.165, 1.54) is 0 Å². The highest BCUT2D eigenvalue weighted by molar-refractivity contribution is 5.82. The first-order valence-electron chi connectivity index (χ1n) is 11.3. The number of carbonyl (C=O) groups is 1. The third kappa shape index (κ3) is 4.58. The number of benzene rings is 2. The van der Waals surface area contributed by atoms with E-state index in [2.05, 4.69) is 5.32 Å². The molecule has 1 heterocycles. The number of phenols is 1. The van der Waals surface area contributed by atoms with Crippen LogP contribution in [-0.2, 0) is 21.7 Å². The van der Waals surface area contributed by atoms with Crippen LogP contribution in [0.1, 0.15) is 43.2 Å². The van der Waals surface area contributed by atoms with Crippen molar-refractivity contribution in [2.24, 2.45) is 5.92 Å². The minimum Gasteiger partial charge on any atom is -0.508 e. The Morgan fingerprint density at radius 2 is 1.78 bits per heavy atom. The molecule has 1 aliphatic heterocycles. The molecule has 7 nitrogen and oxygen atoms in total. The van der Waals surface area contributed by atoms with Crippen LogP contribution in [0.2, 0.25) is 0 Å². The average Bonchev–Trinajstić information content (AvgIpc) is 3.51. The molecule has 1 aliphatic carbocycles. The van der Waals surface area contributed by atoms with Crippen LogP contribution < -0.4 is 5.32 Å². The molecule has 0 spiro atoms. The van der Waals surface area contributed by atoms with Gasteiger partial charge in [-0.1, -0.05) is 61.4 Å². The second kappa shape index (κ2) is 9.61. The Morgan fingerprint density at radius 1 is 1.09 bits per heavy atom. The Bertz CT molecular complexity index is 945. The number of carbonyl (C=O) groups excluding carboxylic acids is 1. The summed E-state index contributed by atoms with van der Waals surface area (Å²) < 4.78 is 5.81. The standard InChI is InChI=1S/C25H31N3O4/c26-24(27-16-18-8-4-7-13-22(18)29)28-15-14-21(17-28)32-23(30)25(31,20-11-5-6-12-20)19-9-2-1-3-10-19/h1-4,7-10,13,20-21,29,31H,5-6,11-12,14-17H2,(H2,26,27)/t21-,25+/m1/s1. The molecule has 4 rings (SSSR count). The molecular weight excluding hydrogens is 406 g/mol. The molecule has 1 saturated heterocycles. The third-order valence-corrected chi connectivity index (χ3v) is 6.64. The summed E-state index contributed by atoms with van der Waals surface area (Å²) in [5.74, 6) is -0.321. The van der Waals surface area contributed by atoms with Crippen LogP contribution in [0.3, 0.4) is 0 Å². The van der Waals surface area contributed by atoms with Gasteiger partial charge < -0.3 is 25.2 Å². The van der Waals surface area contributed by atoms with Crippen LogP contribution in [0.5, 0.6) is 5.75 Å². The van der Waals surface area contributed by atoms with Crippen molar-refractivity contribution < 1.29 is 19.7 Å². The highest BCUT2D eigenvalue weighted by Gasteiger charge is 2.48. The van der Waals surface area contributed by atoms with Crippen LogP contribution >= 0.6 is 0 Å². The summed E-state index contributed by atoms with van der Waals surface area (Å²) in [7, 11) is 0. The molecule has 2 aliphatic rings. The zero-order chi connectivity index (χ0) is 22.6. The molecule has 7 heteroatoms. The SMILES string of the molecule is N=C(NCc1ccccc1O)N1CC[C@@H](OC(=O)[C@](O)(c2ccccc2)C2CCCC2)C1. The molecule has 0 aromatic heterocycles. The van der Waals surface area contributed by atoms with Gasteiger partial charge in [0.2, 0.25) is 0 Å². The third-order valence-electron chi connectivity index (χ3n) is 6.64. The second-order valence-electron chi connectivity index (χ2n) is 8.71. The number of hydrogen-bond donors (Lipinski definition) is 4. The second-order valence-corrected chi connectivity index (χ2v) is 8.71. The van der Waals surface area contributed by atoms with Crippen LogP contribution in [0.25, 0.3) is 0 Å². The topological polar surface area (TPSA) is 106 Å². The molecule has 4 N–H and O–H groups in total. The summed E-state index contributed by atoms with van der Waals surface area (Å²) in [5.41, 5.74) is -0.338. The number of nitrogens with zero attached hydrogens (tertiary/aromatic N) is 1. The van der Waals surface area contributed by atoms with E-state index in [1.54, 1.807) is 30.3 Å². The largest absolute Gasteiger partial charge is 0.508 e. The number of esters is 1. The molecule has 2 atom stereocenters. The fraction of sp³-hybridized carbons (Fsp3) is 0.440. The van der Waals surface area contributed by atoms with Gasteiger partial charge in [-0.15, -0.1) is 0 Å². The van der Waals surface area contributed by atoms with Gasteiger partial charge in [0.15, 0.2) is 11.6 Å². The Kier molecular flexibility index (Phi) is 6.65. The van der Waals surface area contributed by atoms with E-state index in [4.69, 9.17) is 10.1 Å². The van der Waals surface area contributed by atoms with Crippen LogP contribution in [0.15, 0.2) is 54.6 Å². The first-order chi connectivity index (χ1) is 15.5. The maximum atomic E-state index is 13.2. The van der Waals surface area contributed by atoms with Gasteiger partial charge in [-0.3, -0.25) is 5.41 Å². The van der Waals surface area contributed by atoms with E-state index in [9.17, 15) is 15.0 Å². The van der Waals surface area contributed by atoms with E-state index < -0.39 is 11.6 Å². The van der Waals surface area contributed by atoms with Gasteiger partial charge in [-0.2, -0.15) is 0 Å². The van der Waals surface area contributed by atoms with Gasteiger partial charge in [0.1, 0.15) is 11.9 Å². The van der Waals surface area contributed by atoms with Gasteiger partial charge >= 0.3 is 5.97 Å². The maximum absolute atomic E-state index is 13.2. The molecular formula is C25H31N3O4. The minimum absolute atomic E-state index is 0.145. The predicted molar refractivity (Wildman–Crippen MR) is 121 cm³/mol. The molecule has 0 bridgehead atoms. The molecule has 0 unspecified atom stereocenters. The number of para-hydroxylation sites is 1. The van der Waals surface area contributed by atoms with Gasteiger partial charge in [0.25, 0.3) is 0 Å². The summed E-state index contributed by atoms with van der Waals surface area (Å²) in [5, 5.41) is 32.8. The number of aliphatic hydroxyl groups is 1. The van der Waals surface area contributed by atoms with E-state index in [1.807, 2.05) is 29.2 Å². The predicted octanol–water partition coefficient (Wildman–Crippen LogP) is 3.11. The lowest BCUT2D eigenvalue weighted by molar-refractivity contribution is -0.178. The number of nitrogens with one attached hydrogen (secondary N) is 2. The number of guanidine groups is 1. The molecule has 0 amide bonds. The molecule has 1 saturated carbocycles. The summed E-state index contributed by atoms with van der Waals surface area (Å²) in [4.78, 5) is 15.1. The summed E-state index contributed by atoms with van der Waals surface area (Å²) in [6, 6.07) is 16.1. The normalized spacial score (nSPS) is 20.7. The lowest BCUT2D eigenvalue weighted by Crippen LogP contribution is -2.45. The zero-order valence-corrected chi connectivity index (χ0v) is 18.2. The molecule has 2 aromatic rings. The fourth-order valence-electron chi connectivity index (χ4n) is 4.78. The first kappa shape index (κ1) is 22.1. The summed E-state index contributed by atoms with van der Waals surface area (Å²) in [6.07, 6.45) is 3.83. The van der Waals surface area contributed by atoms with Crippen LogP contribution in [-0.4, -0.2) is 46.2 Å². The smallest absolute Gasteiger partial charge is 0.343 e. The van der Waals surface area contributed by atoms with Crippen LogP contribution in [0.4, 0.5) is 0 Å². The maximum Gasteiger partial charge on any atom is 0.343 e. The van der Waals surface area contributed by atoms with E-state index in [0.29, 0.717) is 37.2 Å². The number of hydrogen-bond acceptors (Lipinski definition) is 5. The van der Waals surface area contributed by atoms with Crippen molar-refractivity contribution in [3.8, 4) is 5.75 Å². The zero-order valence-electron chi connectivity index (χ0n) is 18.2. The fourth-order valence-corrected chi connectivity index (χ4v) is 4.78. The van der Waals surface area contributed by atoms with Crippen molar-refractivity contribution in [3.63, 3.8) is 0 Å². The average molecular weight is 438 g/mol. The number of rotatable bonds is 6. The Hall–Kier alpha value is -3.06. The minimum atomic E-state index is -1.64. The van der Waals surface area contributed by atoms with Crippen molar-refractivity contribution in [2.75, 3.05) is 13.1 Å². The molecule has 170 valence electrons. The lowest BCUT2D eigenvalue weighted by atomic mass is 9.80. The highest BCUT2D eigenvalue weighted by Crippen LogP contribution is 2.41. The Balaban J connectivity index is 1.37. The van der Waals surface area contributed by atoms with E-state index in [-0.39, 0.29) is 23.7 Å². The van der Waals surface area contributed by atoms with Crippen LogP contribution in [0, 0.1) is 11.3 Å². The summed E-state index contributed by atoms with van der Waals surface area (Å²) in [6.45, 7) is 1.31. The molecule has 0 radical (unpaired) electrons. The van der Waals surface area contributed by atoms with Crippen molar-refractivity contribution in [3.05, 3.63) is 65.7 Å². The Labute approximate surface area is 188 Å². The molecule has 32 heavy (non-hydrogen) atoms. The summed E-state index contributed by atoms with van der Waals surface area (Å²) >= 11 is 0. The quantitative estimate of drug-likeness (QED) is 0.314. The highest BCUT2D eigenvalue weighted by atomic mass is 16.6. The van der Waals surface area contributed by atoms with E-state index in [0.717, 1.165) is 25.7 Å². The van der Waals surface area contributed by atoms with Gasteiger partial charge in [-0.25, -0.2) is 4.79 Å². The number of likely N-dealkylation sites (tertiary alicyclic amines) is 1. The van der Waals surface area contributed by atoms with Gasteiger partial charge in [0.05, 0.1) is 6.54 Å². The molecule has 2 aromatic carbocycles. The van der Waals surface area contributed by atoms with Crippen molar-refractivity contribution in [2.45, 2.75) is 50.4 Å². The number of ether oxygens (including phenoxy) is 1. The van der Waals surface area contributed by atoms with Crippen molar-refractivity contribution in [1.29, 1.82) is 5.41 Å². The van der Waals surface area contributed by atoms with Gasteiger partial charge in [0, 0.05) is 31.0 Å². The number of aromatic hydroxyl groups is 1. The van der Waals surface area contributed by atoms with Crippen molar-refractivity contribution >= 4 is 11.9 Å². The number of phenolic OH excluding ortho intramolecular Hbond substituents is 1.